The zero-order valence-corrected chi connectivity index (χ0v) is 16.9. The average molecular weight is 363 g/mol. The quantitative estimate of drug-likeness (QED) is 0.461. The number of ether oxygens (including phenoxy) is 1. The molecule has 0 saturated carbocycles. The highest BCUT2D eigenvalue weighted by molar-refractivity contribution is 5.79. The summed E-state index contributed by atoms with van der Waals surface area (Å²) in [6.07, 6.45) is 4.37. The van der Waals surface area contributed by atoms with Crippen LogP contribution in [0, 0.1) is 18.3 Å². The highest BCUT2D eigenvalue weighted by atomic mass is 16.5. The molecule has 2 atom stereocenters. The number of nitrogens with zero attached hydrogens (tertiary/aromatic N) is 4. The van der Waals surface area contributed by atoms with Gasteiger partial charge in [0, 0.05) is 32.7 Å². The molecule has 1 fully saturated rings. The number of guanidine groups is 1. The number of aromatic nitrogens is 3. The molecule has 0 aromatic carbocycles. The van der Waals surface area contributed by atoms with Gasteiger partial charge in [-0.3, -0.25) is 0 Å². The van der Waals surface area contributed by atoms with Crippen LogP contribution in [0.25, 0.3) is 0 Å². The van der Waals surface area contributed by atoms with Crippen molar-refractivity contribution < 1.29 is 4.74 Å². The average Bonchev–Trinajstić information content (AvgIpc) is 2.92. The van der Waals surface area contributed by atoms with E-state index in [1.54, 1.807) is 0 Å². The predicted octanol–water partition coefficient (Wildman–Crippen LogP) is 2.19. The Hall–Kier alpha value is -1.89. The number of aryl methyl sites for hydroxylation is 1. The summed E-state index contributed by atoms with van der Waals surface area (Å²) in [5.74, 6) is 2.97. The first-order valence-electron chi connectivity index (χ1n) is 9.42. The van der Waals surface area contributed by atoms with Crippen molar-refractivity contribution in [1.29, 1.82) is 0 Å². The van der Waals surface area contributed by atoms with Crippen LogP contribution in [-0.4, -0.2) is 46.5 Å². The molecule has 26 heavy (non-hydrogen) atoms. The van der Waals surface area contributed by atoms with E-state index < -0.39 is 0 Å². The summed E-state index contributed by atoms with van der Waals surface area (Å²) in [7, 11) is 1.96. The first kappa shape index (κ1) is 20.4. The molecule has 2 unspecified atom stereocenters. The third kappa shape index (κ3) is 5.56. The number of nitrogens with one attached hydrogen (secondary N) is 2. The maximum absolute atomic E-state index is 6.08. The molecule has 1 saturated heterocycles. The molecule has 1 aliphatic heterocycles. The molecule has 2 N–H and O–H groups in total. The van der Waals surface area contributed by atoms with Gasteiger partial charge in [0.15, 0.2) is 11.8 Å². The summed E-state index contributed by atoms with van der Waals surface area (Å²) in [6, 6.07) is 0. The Morgan fingerprint density at radius 3 is 2.77 bits per heavy atom. The van der Waals surface area contributed by atoms with E-state index in [4.69, 9.17) is 4.74 Å². The minimum absolute atomic E-state index is 0.134. The van der Waals surface area contributed by atoms with Crippen LogP contribution < -0.4 is 10.6 Å². The largest absolute Gasteiger partial charge is 0.377 e. The summed E-state index contributed by atoms with van der Waals surface area (Å²) in [5.41, 5.74) is 0.134. The first-order valence-corrected chi connectivity index (χ1v) is 9.42. The van der Waals surface area contributed by atoms with Gasteiger partial charge in [0.1, 0.15) is 12.4 Å². The van der Waals surface area contributed by atoms with Crippen LogP contribution in [0.5, 0.6) is 0 Å². The van der Waals surface area contributed by atoms with Crippen molar-refractivity contribution in [1.82, 2.24) is 25.4 Å². The lowest BCUT2D eigenvalue weighted by Crippen LogP contribution is -2.47. The molecule has 0 amide bonds. The number of hydrogen-bond donors (Lipinski definition) is 2. The Morgan fingerprint density at radius 2 is 2.15 bits per heavy atom. The van der Waals surface area contributed by atoms with Gasteiger partial charge in [0.2, 0.25) is 0 Å². The summed E-state index contributed by atoms with van der Waals surface area (Å²) in [5, 5.41) is 15.0. The van der Waals surface area contributed by atoms with Crippen LogP contribution in [0.4, 0.5) is 0 Å². The third-order valence-corrected chi connectivity index (χ3v) is 4.81. The molecule has 1 aliphatic rings. The lowest BCUT2D eigenvalue weighted by Gasteiger charge is -2.40. The minimum atomic E-state index is 0.134. The Balaban J connectivity index is 2.01. The van der Waals surface area contributed by atoms with Crippen molar-refractivity contribution in [3.8, 4) is 0 Å². The van der Waals surface area contributed by atoms with Gasteiger partial charge in [0.25, 0.3) is 0 Å². The second kappa shape index (κ2) is 9.16. The van der Waals surface area contributed by atoms with Crippen molar-refractivity contribution in [3.05, 3.63) is 24.3 Å². The highest BCUT2D eigenvalue weighted by Gasteiger charge is 2.35. The van der Waals surface area contributed by atoms with E-state index in [1.807, 2.05) is 24.6 Å². The first-order chi connectivity index (χ1) is 12.3. The van der Waals surface area contributed by atoms with Gasteiger partial charge in [-0.05, 0) is 25.2 Å². The Kier molecular flexibility index (Phi) is 7.20. The predicted molar refractivity (Wildman–Crippen MR) is 105 cm³/mol. The molecule has 7 nitrogen and oxygen atoms in total. The molecule has 0 bridgehead atoms. The molecule has 0 spiro atoms. The highest BCUT2D eigenvalue weighted by Crippen LogP contribution is 2.33. The zero-order chi connectivity index (χ0) is 19.2. The number of aliphatic imine (C=N–C) groups is 1. The molecule has 7 heteroatoms. The summed E-state index contributed by atoms with van der Waals surface area (Å²) in [4.78, 5) is 4.66. The van der Waals surface area contributed by atoms with E-state index in [9.17, 15) is 0 Å². The van der Waals surface area contributed by atoms with Gasteiger partial charge in [-0.1, -0.05) is 26.8 Å². The monoisotopic (exact) mass is 362 g/mol. The van der Waals surface area contributed by atoms with Gasteiger partial charge in [0.05, 0.1) is 6.10 Å². The summed E-state index contributed by atoms with van der Waals surface area (Å²) in [6.45, 7) is 15.3. The molecule has 0 aliphatic carbocycles. The SMILES string of the molecule is C=CCNC(=NCc1nnc(C)n1C)NCC1CCCOC1C(C)(C)C. The van der Waals surface area contributed by atoms with Crippen molar-refractivity contribution in [2.24, 2.45) is 23.4 Å². The van der Waals surface area contributed by atoms with E-state index in [0.717, 1.165) is 37.2 Å². The second-order valence-electron chi connectivity index (χ2n) is 8.00. The van der Waals surface area contributed by atoms with Crippen molar-refractivity contribution in [3.63, 3.8) is 0 Å². The molecule has 1 aromatic rings. The van der Waals surface area contributed by atoms with Gasteiger partial charge < -0.3 is 19.9 Å². The molecule has 2 rings (SSSR count). The maximum atomic E-state index is 6.08. The molecule has 2 heterocycles. The number of rotatable bonds is 6. The summed E-state index contributed by atoms with van der Waals surface area (Å²) >= 11 is 0. The number of hydrogen-bond acceptors (Lipinski definition) is 4. The molecule has 1 aromatic heterocycles. The van der Waals surface area contributed by atoms with E-state index >= 15 is 0 Å². The molecular weight excluding hydrogens is 328 g/mol. The van der Waals surface area contributed by atoms with E-state index in [2.05, 4.69) is 53.2 Å². The lowest BCUT2D eigenvalue weighted by molar-refractivity contribution is -0.0835. The molecular formula is C19H34N6O. The van der Waals surface area contributed by atoms with Gasteiger partial charge >= 0.3 is 0 Å². The smallest absolute Gasteiger partial charge is 0.191 e. The normalized spacial score (nSPS) is 21.5. The standard InChI is InChI=1S/C19H34N6O/c1-7-10-20-18(22-13-16-24-23-14(2)25(16)6)21-12-15-9-8-11-26-17(15)19(3,4)5/h7,15,17H,1,8-13H2,2-6H3,(H2,20,21,22). The van der Waals surface area contributed by atoms with E-state index in [1.165, 1.54) is 6.42 Å². The van der Waals surface area contributed by atoms with Crippen molar-refractivity contribution in [2.45, 2.75) is 53.2 Å². The van der Waals surface area contributed by atoms with Gasteiger partial charge in [-0.2, -0.15) is 0 Å². The van der Waals surface area contributed by atoms with Crippen molar-refractivity contribution in [2.75, 3.05) is 19.7 Å². The Morgan fingerprint density at radius 1 is 1.38 bits per heavy atom. The lowest BCUT2D eigenvalue weighted by atomic mass is 9.78. The van der Waals surface area contributed by atoms with Crippen LogP contribution in [-0.2, 0) is 18.3 Å². The van der Waals surface area contributed by atoms with Crippen LogP contribution in [0.1, 0.15) is 45.3 Å². The third-order valence-electron chi connectivity index (χ3n) is 4.81. The van der Waals surface area contributed by atoms with Crippen LogP contribution in [0.3, 0.4) is 0 Å². The van der Waals surface area contributed by atoms with E-state index in [-0.39, 0.29) is 11.5 Å². The summed E-state index contributed by atoms with van der Waals surface area (Å²) < 4.78 is 8.04. The van der Waals surface area contributed by atoms with Crippen LogP contribution in [0.15, 0.2) is 17.6 Å². The van der Waals surface area contributed by atoms with Crippen LogP contribution >= 0.6 is 0 Å². The fourth-order valence-electron chi connectivity index (χ4n) is 3.32. The van der Waals surface area contributed by atoms with Gasteiger partial charge in [-0.15, -0.1) is 16.8 Å². The molecule has 146 valence electrons. The van der Waals surface area contributed by atoms with Gasteiger partial charge in [-0.25, -0.2) is 4.99 Å². The Labute approximate surface area is 157 Å². The van der Waals surface area contributed by atoms with Crippen molar-refractivity contribution >= 4 is 5.96 Å². The maximum Gasteiger partial charge on any atom is 0.191 e. The second-order valence-corrected chi connectivity index (χ2v) is 8.00. The molecule has 0 radical (unpaired) electrons. The van der Waals surface area contributed by atoms with E-state index in [0.29, 0.717) is 19.0 Å². The topological polar surface area (TPSA) is 76.4 Å². The minimum Gasteiger partial charge on any atom is -0.377 e. The van der Waals surface area contributed by atoms with Crippen LogP contribution in [0.2, 0.25) is 0 Å². The fraction of sp³-hybridized carbons (Fsp3) is 0.737. The zero-order valence-electron chi connectivity index (χ0n) is 16.9. The fourth-order valence-corrected chi connectivity index (χ4v) is 3.32. The Bertz CT molecular complexity index is 616.